The molecule has 0 amide bonds. The van der Waals surface area contributed by atoms with Crippen molar-refractivity contribution in [2.24, 2.45) is 5.73 Å². The Morgan fingerprint density at radius 1 is 1.35 bits per heavy atom. The van der Waals surface area contributed by atoms with Crippen LogP contribution in [0.25, 0.3) is 0 Å². The van der Waals surface area contributed by atoms with Gasteiger partial charge in [-0.2, -0.15) is 0 Å². The van der Waals surface area contributed by atoms with E-state index in [0.29, 0.717) is 6.54 Å². The summed E-state index contributed by atoms with van der Waals surface area (Å²) in [4.78, 5) is 2.33. The van der Waals surface area contributed by atoms with Crippen molar-refractivity contribution in [3.8, 4) is 0 Å². The molecule has 5 heteroatoms. The Hall–Kier alpha value is -0.230. The Balaban J connectivity index is 2.16. The van der Waals surface area contributed by atoms with Crippen molar-refractivity contribution in [1.29, 1.82) is 0 Å². The molecule has 2 rings (SSSR count). The molecule has 1 heterocycles. The first kappa shape index (κ1) is 13.2. The Morgan fingerprint density at radius 3 is 2.59 bits per heavy atom. The number of nitrogens with zero attached hydrogens (tertiary/aromatic N) is 1. The first-order chi connectivity index (χ1) is 8.22. The molecular formula is C12H17BrN2OS. The van der Waals surface area contributed by atoms with Crippen molar-refractivity contribution in [3.05, 3.63) is 34.3 Å². The van der Waals surface area contributed by atoms with Crippen LogP contribution in [0, 0.1) is 0 Å². The zero-order valence-corrected chi connectivity index (χ0v) is 12.0. The van der Waals surface area contributed by atoms with Crippen LogP contribution in [-0.4, -0.2) is 40.2 Å². The van der Waals surface area contributed by atoms with Crippen molar-refractivity contribution in [1.82, 2.24) is 4.90 Å². The van der Waals surface area contributed by atoms with E-state index in [2.05, 4.69) is 26.9 Å². The molecule has 1 saturated heterocycles. The lowest BCUT2D eigenvalue weighted by Gasteiger charge is -2.34. The summed E-state index contributed by atoms with van der Waals surface area (Å²) in [6.45, 7) is 2.33. The lowest BCUT2D eigenvalue weighted by Crippen LogP contribution is -2.42. The van der Waals surface area contributed by atoms with Gasteiger partial charge in [0.05, 0.1) is 0 Å². The zero-order chi connectivity index (χ0) is 12.3. The second-order valence-corrected chi connectivity index (χ2v) is 6.71. The minimum absolute atomic E-state index is 0.225. The van der Waals surface area contributed by atoms with E-state index in [9.17, 15) is 4.21 Å². The van der Waals surface area contributed by atoms with Crippen LogP contribution in [0.5, 0.6) is 0 Å². The molecule has 1 atom stereocenters. The largest absolute Gasteiger partial charge is 0.329 e. The molecule has 1 aromatic carbocycles. The van der Waals surface area contributed by atoms with Gasteiger partial charge in [-0.25, -0.2) is 0 Å². The number of hydrogen-bond acceptors (Lipinski definition) is 3. The molecule has 17 heavy (non-hydrogen) atoms. The highest BCUT2D eigenvalue weighted by molar-refractivity contribution is 9.10. The van der Waals surface area contributed by atoms with Gasteiger partial charge in [-0.1, -0.05) is 34.1 Å². The van der Waals surface area contributed by atoms with Crippen LogP contribution < -0.4 is 5.73 Å². The SMILES string of the molecule is NCC(c1ccccc1Br)N1CCS(=O)CC1. The van der Waals surface area contributed by atoms with Crippen LogP contribution in [0.3, 0.4) is 0 Å². The average molecular weight is 317 g/mol. The summed E-state index contributed by atoms with van der Waals surface area (Å²) >= 11 is 3.57. The molecule has 2 N–H and O–H groups in total. The van der Waals surface area contributed by atoms with Gasteiger partial charge in [-0.3, -0.25) is 9.11 Å². The monoisotopic (exact) mass is 316 g/mol. The standard InChI is InChI=1S/C12H17BrN2OS/c13-11-4-2-1-3-10(11)12(9-14)15-5-7-17(16)8-6-15/h1-4,12H,5-9,14H2. The summed E-state index contributed by atoms with van der Waals surface area (Å²) in [5.74, 6) is 1.53. The molecule has 0 aliphatic carbocycles. The fourth-order valence-corrected chi connectivity index (χ4v) is 3.81. The smallest absolute Gasteiger partial charge is 0.0482 e. The molecule has 94 valence electrons. The molecule has 1 aliphatic rings. The summed E-state index contributed by atoms with van der Waals surface area (Å²) in [6.07, 6.45) is 0. The Bertz CT molecular complexity index is 403. The summed E-state index contributed by atoms with van der Waals surface area (Å²) in [5.41, 5.74) is 7.13. The first-order valence-electron chi connectivity index (χ1n) is 5.76. The van der Waals surface area contributed by atoms with Crippen LogP contribution in [-0.2, 0) is 10.8 Å². The maximum absolute atomic E-state index is 11.4. The molecule has 1 unspecified atom stereocenters. The van der Waals surface area contributed by atoms with E-state index in [1.165, 1.54) is 5.56 Å². The summed E-state index contributed by atoms with van der Waals surface area (Å²) in [6, 6.07) is 8.41. The number of hydrogen-bond donors (Lipinski definition) is 1. The summed E-state index contributed by atoms with van der Waals surface area (Å²) in [5, 5.41) is 0. The van der Waals surface area contributed by atoms with Gasteiger partial charge in [0, 0.05) is 52.5 Å². The van der Waals surface area contributed by atoms with Gasteiger partial charge in [0.25, 0.3) is 0 Å². The van der Waals surface area contributed by atoms with E-state index < -0.39 is 10.8 Å². The van der Waals surface area contributed by atoms with Gasteiger partial charge >= 0.3 is 0 Å². The normalized spacial score (nSPS) is 20.4. The highest BCUT2D eigenvalue weighted by Gasteiger charge is 2.24. The van der Waals surface area contributed by atoms with E-state index in [1.807, 2.05) is 18.2 Å². The Kier molecular flexibility index (Phi) is 4.73. The quantitative estimate of drug-likeness (QED) is 0.919. The third-order valence-electron chi connectivity index (χ3n) is 3.14. The van der Waals surface area contributed by atoms with E-state index in [4.69, 9.17) is 5.73 Å². The highest BCUT2D eigenvalue weighted by atomic mass is 79.9. The number of nitrogens with two attached hydrogens (primary N) is 1. The van der Waals surface area contributed by atoms with Crippen LogP contribution >= 0.6 is 15.9 Å². The number of rotatable bonds is 3. The van der Waals surface area contributed by atoms with Crippen molar-refractivity contribution in [2.45, 2.75) is 6.04 Å². The zero-order valence-electron chi connectivity index (χ0n) is 9.64. The van der Waals surface area contributed by atoms with Gasteiger partial charge in [-0.05, 0) is 11.6 Å². The van der Waals surface area contributed by atoms with Crippen LogP contribution in [0.1, 0.15) is 11.6 Å². The molecule has 3 nitrogen and oxygen atoms in total. The van der Waals surface area contributed by atoms with Crippen molar-refractivity contribution in [3.63, 3.8) is 0 Å². The molecular weight excluding hydrogens is 300 g/mol. The minimum Gasteiger partial charge on any atom is -0.329 e. The summed E-state index contributed by atoms with van der Waals surface area (Å²) < 4.78 is 12.5. The highest BCUT2D eigenvalue weighted by Crippen LogP contribution is 2.27. The van der Waals surface area contributed by atoms with Gasteiger partial charge < -0.3 is 5.73 Å². The average Bonchev–Trinajstić information content (AvgIpc) is 2.35. The molecule has 0 radical (unpaired) electrons. The van der Waals surface area contributed by atoms with Crippen LogP contribution in [0.4, 0.5) is 0 Å². The van der Waals surface area contributed by atoms with Gasteiger partial charge in [0.15, 0.2) is 0 Å². The fraction of sp³-hybridized carbons (Fsp3) is 0.500. The Labute approximate surface area is 113 Å². The minimum atomic E-state index is -0.635. The van der Waals surface area contributed by atoms with Gasteiger partial charge in [-0.15, -0.1) is 0 Å². The molecule has 0 aromatic heterocycles. The van der Waals surface area contributed by atoms with Crippen LogP contribution in [0.15, 0.2) is 28.7 Å². The second kappa shape index (κ2) is 6.09. The topological polar surface area (TPSA) is 46.3 Å². The third-order valence-corrected chi connectivity index (χ3v) is 5.14. The second-order valence-electron chi connectivity index (χ2n) is 4.16. The van der Waals surface area contributed by atoms with E-state index in [1.54, 1.807) is 0 Å². The third kappa shape index (κ3) is 3.16. The van der Waals surface area contributed by atoms with Crippen molar-refractivity contribution >= 4 is 26.7 Å². The lowest BCUT2D eigenvalue weighted by molar-refractivity contribution is 0.220. The van der Waals surface area contributed by atoms with E-state index in [0.717, 1.165) is 29.1 Å². The predicted octanol–water partition coefficient (Wildman–Crippen LogP) is 1.51. The number of halogens is 1. The molecule has 0 spiro atoms. The van der Waals surface area contributed by atoms with Gasteiger partial charge in [0.1, 0.15) is 0 Å². The Morgan fingerprint density at radius 2 is 2.00 bits per heavy atom. The van der Waals surface area contributed by atoms with E-state index in [-0.39, 0.29) is 6.04 Å². The van der Waals surface area contributed by atoms with E-state index >= 15 is 0 Å². The maximum Gasteiger partial charge on any atom is 0.0482 e. The maximum atomic E-state index is 11.4. The van der Waals surface area contributed by atoms with Gasteiger partial charge in [0.2, 0.25) is 0 Å². The summed E-state index contributed by atoms with van der Waals surface area (Å²) in [7, 11) is -0.635. The van der Waals surface area contributed by atoms with Crippen molar-refractivity contribution in [2.75, 3.05) is 31.1 Å². The predicted molar refractivity (Wildman–Crippen MR) is 75.4 cm³/mol. The molecule has 1 fully saturated rings. The fourth-order valence-electron chi connectivity index (χ4n) is 2.18. The van der Waals surface area contributed by atoms with Crippen molar-refractivity contribution < 1.29 is 4.21 Å². The lowest BCUT2D eigenvalue weighted by atomic mass is 10.1. The first-order valence-corrected chi connectivity index (χ1v) is 8.04. The molecule has 0 saturated carbocycles. The molecule has 1 aromatic rings. The number of benzene rings is 1. The molecule has 1 aliphatic heterocycles. The van der Waals surface area contributed by atoms with Crippen LogP contribution in [0.2, 0.25) is 0 Å². The molecule has 0 bridgehead atoms.